The number of nitrogens with zero attached hydrogens (tertiary/aromatic N) is 1. The highest BCUT2D eigenvalue weighted by atomic mass is 16.5. The highest BCUT2D eigenvalue weighted by molar-refractivity contribution is 5.89. The number of anilines is 1. The van der Waals surface area contributed by atoms with Crippen molar-refractivity contribution in [3.63, 3.8) is 0 Å². The Balaban J connectivity index is 1.65. The highest BCUT2D eigenvalue weighted by Gasteiger charge is 2.25. The lowest BCUT2D eigenvalue weighted by Gasteiger charge is -2.33. The minimum Gasteiger partial charge on any atom is -0.370 e. The number of aryl methyl sites for hydroxylation is 2. The van der Waals surface area contributed by atoms with E-state index in [1.165, 1.54) is 5.56 Å². The molecule has 1 saturated heterocycles. The van der Waals surface area contributed by atoms with Gasteiger partial charge in [0, 0.05) is 12.2 Å². The zero-order valence-corrected chi connectivity index (χ0v) is 13.6. The molecule has 1 fully saturated rings. The third-order valence-corrected chi connectivity index (χ3v) is 4.07. The van der Waals surface area contributed by atoms with Crippen LogP contribution < -0.4 is 5.32 Å². The van der Waals surface area contributed by atoms with E-state index in [1.807, 2.05) is 36.1 Å². The van der Waals surface area contributed by atoms with E-state index in [1.54, 1.807) is 0 Å². The fourth-order valence-corrected chi connectivity index (χ4v) is 2.74. The number of hydrogen-bond acceptors (Lipinski definition) is 2. The molecule has 1 aliphatic heterocycles. The van der Waals surface area contributed by atoms with Gasteiger partial charge in [-0.25, -0.2) is 4.79 Å². The van der Waals surface area contributed by atoms with Crippen LogP contribution in [0.1, 0.15) is 22.8 Å². The third kappa shape index (κ3) is 3.90. The quantitative estimate of drug-likeness (QED) is 0.914. The Kier molecular flexibility index (Phi) is 4.63. The number of rotatable bonds is 2. The Bertz CT molecular complexity index is 682. The molecule has 120 valence electrons. The van der Waals surface area contributed by atoms with Crippen LogP contribution in [0.15, 0.2) is 48.5 Å². The molecule has 0 saturated carbocycles. The topological polar surface area (TPSA) is 41.6 Å². The molecule has 0 radical (unpaired) electrons. The molecule has 1 heterocycles. The summed E-state index contributed by atoms with van der Waals surface area (Å²) in [6.45, 7) is 5.81. The maximum absolute atomic E-state index is 12.5. The van der Waals surface area contributed by atoms with Crippen molar-refractivity contribution in [3.05, 3.63) is 65.2 Å². The van der Waals surface area contributed by atoms with Crippen LogP contribution >= 0.6 is 0 Å². The molecule has 1 aliphatic rings. The number of carbonyl (C=O) groups is 1. The molecule has 0 bridgehead atoms. The van der Waals surface area contributed by atoms with E-state index in [9.17, 15) is 4.79 Å². The summed E-state index contributed by atoms with van der Waals surface area (Å²) in [5.74, 6) is 0. The summed E-state index contributed by atoms with van der Waals surface area (Å²) in [5, 5.41) is 2.97. The van der Waals surface area contributed by atoms with Crippen LogP contribution in [0.4, 0.5) is 10.5 Å². The first-order chi connectivity index (χ1) is 11.1. The van der Waals surface area contributed by atoms with Crippen molar-refractivity contribution in [3.8, 4) is 0 Å². The molecule has 2 aromatic carbocycles. The molecule has 4 nitrogen and oxygen atoms in total. The Labute approximate surface area is 137 Å². The average molecular weight is 310 g/mol. The number of amides is 2. The van der Waals surface area contributed by atoms with Crippen LogP contribution in [-0.2, 0) is 4.74 Å². The number of nitrogens with one attached hydrogen (secondary N) is 1. The van der Waals surface area contributed by atoms with Crippen molar-refractivity contribution in [2.24, 2.45) is 0 Å². The second-order valence-electron chi connectivity index (χ2n) is 6.02. The molecular formula is C19H22N2O2. The van der Waals surface area contributed by atoms with Crippen LogP contribution in [0.2, 0.25) is 0 Å². The van der Waals surface area contributed by atoms with Crippen molar-refractivity contribution in [2.75, 3.05) is 25.0 Å². The first-order valence-electron chi connectivity index (χ1n) is 7.92. The number of hydrogen-bond donors (Lipinski definition) is 1. The number of urea groups is 1. The van der Waals surface area contributed by atoms with E-state index >= 15 is 0 Å². The van der Waals surface area contributed by atoms with Crippen molar-refractivity contribution in [1.82, 2.24) is 4.90 Å². The van der Waals surface area contributed by atoms with Crippen molar-refractivity contribution >= 4 is 11.7 Å². The highest BCUT2D eigenvalue weighted by Crippen LogP contribution is 2.23. The molecule has 23 heavy (non-hydrogen) atoms. The summed E-state index contributed by atoms with van der Waals surface area (Å²) in [6.07, 6.45) is -0.0624. The predicted molar refractivity (Wildman–Crippen MR) is 91.6 cm³/mol. The summed E-state index contributed by atoms with van der Waals surface area (Å²) in [6, 6.07) is 16.0. The molecule has 2 amide bonds. The fourth-order valence-electron chi connectivity index (χ4n) is 2.74. The second-order valence-corrected chi connectivity index (χ2v) is 6.02. The van der Waals surface area contributed by atoms with Gasteiger partial charge in [-0.1, -0.05) is 42.0 Å². The normalized spacial score (nSPS) is 17.8. The van der Waals surface area contributed by atoms with Gasteiger partial charge in [0.15, 0.2) is 0 Å². The van der Waals surface area contributed by atoms with Gasteiger partial charge in [0.25, 0.3) is 0 Å². The molecule has 1 unspecified atom stereocenters. The van der Waals surface area contributed by atoms with Gasteiger partial charge in [-0.2, -0.15) is 0 Å². The second kappa shape index (κ2) is 6.84. The van der Waals surface area contributed by atoms with E-state index in [0.29, 0.717) is 19.7 Å². The summed E-state index contributed by atoms with van der Waals surface area (Å²) >= 11 is 0. The SMILES string of the molecule is Cc1ccc(C2CN(C(=O)Nc3cccc(C)c3)CCO2)cc1. The van der Waals surface area contributed by atoms with Crippen LogP contribution in [-0.4, -0.2) is 30.6 Å². The minimum atomic E-state index is -0.0731. The lowest BCUT2D eigenvalue weighted by Crippen LogP contribution is -2.44. The zero-order valence-electron chi connectivity index (χ0n) is 13.6. The smallest absolute Gasteiger partial charge is 0.322 e. The standard InChI is InChI=1S/C19H22N2O2/c1-14-6-8-16(9-7-14)18-13-21(10-11-23-18)19(22)20-17-5-3-4-15(2)12-17/h3-9,12,18H,10-11,13H2,1-2H3,(H,20,22). The van der Waals surface area contributed by atoms with E-state index in [4.69, 9.17) is 4.74 Å². The summed E-state index contributed by atoms with van der Waals surface area (Å²) in [5.41, 5.74) is 4.29. The minimum absolute atomic E-state index is 0.0624. The van der Waals surface area contributed by atoms with Crippen molar-refractivity contribution in [1.29, 1.82) is 0 Å². The zero-order chi connectivity index (χ0) is 16.2. The Hall–Kier alpha value is -2.33. The molecule has 0 aromatic heterocycles. The molecule has 4 heteroatoms. The monoisotopic (exact) mass is 310 g/mol. The lowest BCUT2D eigenvalue weighted by atomic mass is 10.1. The van der Waals surface area contributed by atoms with Gasteiger partial charge >= 0.3 is 6.03 Å². The predicted octanol–water partition coefficient (Wildman–Crippen LogP) is 3.91. The van der Waals surface area contributed by atoms with Gasteiger partial charge in [0.1, 0.15) is 6.10 Å². The molecule has 0 spiro atoms. The Morgan fingerprint density at radius 3 is 2.65 bits per heavy atom. The molecule has 0 aliphatic carbocycles. The summed E-state index contributed by atoms with van der Waals surface area (Å²) in [7, 11) is 0. The van der Waals surface area contributed by atoms with Gasteiger partial charge in [-0.3, -0.25) is 0 Å². The maximum Gasteiger partial charge on any atom is 0.322 e. The van der Waals surface area contributed by atoms with Gasteiger partial charge in [-0.15, -0.1) is 0 Å². The van der Waals surface area contributed by atoms with Gasteiger partial charge < -0.3 is 15.0 Å². The first-order valence-corrected chi connectivity index (χ1v) is 7.92. The van der Waals surface area contributed by atoms with E-state index in [-0.39, 0.29) is 12.1 Å². The first kappa shape index (κ1) is 15.6. The fraction of sp³-hybridized carbons (Fsp3) is 0.316. The van der Waals surface area contributed by atoms with Crippen LogP contribution in [0.5, 0.6) is 0 Å². The molecule has 2 aromatic rings. The number of ether oxygens (including phenoxy) is 1. The molecule has 1 atom stereocenters. The van der Waals surface area contributed by atoms with E-state index in [2.05, 4.69) is 36.5 Å². The van der Waals surface area contributed by atoms with Gasteiger partial charge in [0.2, 0.25) is 0 Å². The van der Waals surface area contributed by atoms with Crippen LogP contribution in [0, 0.1) is 13.8 Å². The van der Waals surface area contributed by atoms with E-state index < -0.39 is 0 Å². The number of benzene rings is 2. The average Bonchev–Trinajstić information content (AvgIpc) is 2.56. The molecular weight excluding hydrogens is 288 g/mol. The Morgan fingerprint density at radius 1 is 1.13 bits per heavy atom. The number of carbonyl (C=O) groups excluding carboxylic acids is 1. The maximum atomic E-state index is 12.5. The summed E-state index contributed by atoms with van der Waals surface area (Å²) < 4.78 is 5.83. The summed E-state index contributed by atoms with van der Waals surface area (Å²) in [4.78, 5) is 14.3. The molecule has 3 rings (SSSR count). The van der Waals surface area contributed by atoms with Crippen molar-refractivity contribution < 1.29 is 9.53 Å². The van der Waals surface area contributed by atoms with Gasteiger partial charge in [0.05, 0.1) is 13.2 Å². The lowest BCUT2D eigenvalue weighted by molar-refractivity contribution is -0.0135. The molecule has 1 N–H and O–H groups in total. The van der Waals surface area contributed by atoms with E-state index in [0.717, 1.165) is 16.8 Å². The van der Waals surface area contributed by atoms with Gasteiger partial charge in [-0.05, 0) is 37.1 Å². The number of morpholine rings is 1. The van der Waals surface area contributed by atoms with Crippen LogP contribution in [0.3, 0.4) is 0 Å². The van der Waals surface area contributed by atoms with Crippen LogP contribution in [0.25, 0.3) is 0 Å². The largest absolute Gasteiger partial charge is 0.370 e. The van der Waals surface area contributed by atoms with Crippen molar-refractivity contribution in [2.45, 2.75) is 20.0 Å². The third-order valence-electron chi connectivity index (χ3n) is 4.07. The Morgan fingerprint density at radius 2 is 1.91 bits per heavy atom.